The molecule has 0 aromatic heterocycles. The van der Waals surface area contributed by atoms with Crippen LogP contribution in [0.2, 0.25) is 0 Å². The lowest BCUT2D eigenvalue weighted by Crippen LogP contribution is -2.30. The van der Waals surface area contributed by atoms with Crippen molar-refractivity contribution in [1.82, 2.24) is 0 Å². The fourth-order valence-corrected chi connectivity index (χ4v) is 2.93. The minimum Gasteiger partial charge on any atom is -0.486 e. The van der Waals surface area contributed by atoms with Crippen LogP contribution in [0.3, 0.4) is 0 Å². The van der Waals surface area contributed by atoms with Gasteiger partial charge in [-0.1, -0.05) is 6.92 Å². The molecule has 104 valence electrons. The molecule has 1 atom stereocenters. The molecule has 0 aliphatic carbocycles. The zero-order chi connectivity index (χ0) is 14.0. The van der Waals surface area contributed by atoms with Gasteiger partial charge in [-0.05, 0) is 24.6 Å². The summed E-state index contributed by atoms with van der Waals surface area (Å²) in [7, 11) is -3.81. The summed E-state index contributed by atoms with van der Waals surface area (Å²) in [6.45, 7) is 2.61. The van der Waals surface area contributed by atoms with Gasteiger partial charge in [-0.15, -0.1) is 0 Å². The van der Waals surface area contributed by atoms with Crippen LogP contribution in [0.1, 0.15) is 13.3 Å². The average molecular weight is 285 g/mol. The van der Waals surface area contributed by atoms with Gasteiger partial charge in [-0.3, -0.25) is 4.79 Å². The fourth-order valence-electron chi connectivity index (χ4n) is 1.86. The van der Waals surface area contributed by atoms with E-state index in [-0.39, 0.29) is 11.0 Å². The lowest BCUT2D eigenvalue weighted by molar-refractivity contribution is -0.134. The number of aliphatic carboxylic acids is 1. The van der Waals surface area contributed by atoms with E-state index in [1.54, 1.807) is 6.07 Å². The number of carboxylic acids is 1. The number of carboxylic acid groups (broad SMARTS) is 1. The molecule has 0 fully saturated rings. The van der Waals surface area contributed by atoms with Gasteiger partial charge in [0.25, 0.3) is 0 Å². The van der Waals surface area contributed by atoms with Gasteiger partial charge in [-0.2, -0.15) is 0 Å². The van der Waals surface area contributed by atoms with Crippen LogP contribution in [-0.2, 0) is 14.6 Å². The molecule has 1 unspecified atom stereocenters. The number of ether oxygens (including phenoxy) is 1. The number of nitrogens with one attached hydrogen (secondary N) is 1. The smallest absolute Gasteiger partial charge is 0.319 e. The molecule has 0 bridgehead atoms. The zero-order valence-corrected chi connectivity index (χ0v) is 11.2. The van der Waals surface area contributed by atoms with Gasteiger partial charge < -0.3 is 15.2 Å². The number of rotatable bonds is 4. The fraction of sp³-hybridized carbons (Fsp3) is 0.417. The van der Waals surface area contributed by atoms with Crippen LogP contribution in [0.5, 0.6) is 5.75 Å². The van der Waals surface area contributed by atoms with Gasteiger partial charge in [0.05, 0.1) is 17.1 Å². The van der Waals surface area contributed by atoms with Crippen molar-refractivity contribution in [3.63, 3.8) is 0 Å². The van der Waals surface area contributed by atoms with Crippen LogP contribution in [0.25, 0.3) is 0 Å². The van der Waals surface area contributed by atoms with Gasteiger partial charge >= 0.3 is 5.97 Å². The maximum absolute atomic E-state index is 11.8. The molecule has 1 aromatic rings. The first kappa shape index (κ1) is 13.7. The number of hydrogen-bond acceptors (Lipinski definition) is 5. The van der Waals surface area contributed by atoms with Crippen LogP contribution >= 0.6 is 0 Å². The Morgan fingerprint density at radius 3 is 2.89 bits per heavy atom. The van der Waals surface area contributed by atoms with Gasteiger partial charge in [0.15, 0.2) is 15.6 Å². The Morgan fingerprint density at radius 1 is 1.53 bits per heavy atom. The first-order valence-corrected chi connectivity index (χ1v) is 7.56. The van der Waals surface area contributed by atoms with Crippen LogP contribution in [0.15, 0.2) is 23.1 Å². The molecule has 0 radical (unpaired) electrons. The van der Waals surface area contributed by atoms with Crippen molar-refractivity contribution in [2.75, 3.05) is 17.6 Å². The van der Waals surface area contributed by atoms with Gasteiger partial charge in [0.1, 0.15) is 11.9 Å². The molecule has 1 heterocycles. The molecule has 7 heteroatoms. The lowest BCUT2D eigenvalue weighted by Gasteiger charge is -2.26. The van der Waals surface area contributed by atoms with Crippen molar-refractivity contribution in [2.24, 2.45) is 0 Å². The van der Waals surface area contributed by atoms with E-state index in [0.29, 0.717) is 18.0 Å². The maximum Gasteiger partial charge on any atom is 0.319 e. The van der Waals surface area contributed by atoms with Crippen molar-refractivity contribution in [3.8, 4) is 5.75 Å². The Bertz CT molecular complexity index is 596. The van der Waals surface area contributed by atoms with E-state index in [2.05, 4.69) is 5.32 Å². The summed E-state index contributed by atoms with van der Waals surface area (Å²) < 4.78 is 29.3. The number of anilines is 1. The number of benzene rings is 1. The van der Waals surface area contributed by atoms with Crippen LogP contribution in [0, 0.1) is 0 Å². The summed E-state index contributed by atoms with van der Waals surface area (Å²) in [5.41, 5.74) is 0.580. The van der Waals surface area contributed by atoms with Gasteiger partial charge in [0, 0.05) is 0 Å². The largest absolute Gasteiger partial charge is 0.486 e. The van der Waals surface area contributed by atoms with Gasteiger partial charge in [0.2, 0.25) is 0 Å². The Balaban J connectivity index is 2.30. The average Bonchev–Trinajstić information content (AvgIpc) is 2.36. The van der Waals surface area contributed by atoms with E-state index in [1.165, 1.54) is 12.1 Å². The minimum absolute atomic E-state index is 0.0142. The quantitative estimate of drug-likeness (QED) is 0.861. The molecule has 0 amide bonds. The zero-order valence-electron chi connectivity index (χ0n) is 10.4. The standard InChI is InChI=1S/C12H15NO5S/c1-2-8-6-13-10-5-9(3-4-11(10)18-8)19(16,17)7-12(14)15/h3-5,8,13H,2,6-7H2,1H3,(H,14,15). The number of carbonyl (C=O) groups is 1. The molecular formula is C12H15NO5S. The molecule has 2 N–H and O–H groups in total. The Hall–Kier alpha value is -1.76. The third kappa shape index (κ3) is 2.98. The van der Waals surface area contributed by atoms with Crippen molar-refractivity contribution in [1.29, 1.82) is 0 Å². The second-order valence-corrected chi connectivity index (χ2v) is 6.33. The molecule has 0 saturated heterocycles. The van der Waals surface area contributed by atoms with E-state index in [9.17, 15) is 13.2 Å². The molecule has 19 heavy (non-hydrogen) atoms. The summed E-state index contributed by atoms with van der Waals surface area (Å²) in [4.78, 5) is 10.5. The number of fused-ring (bicyclic) bond motifs is 1. The highest BCUT2D eigenvalue weighted by atomic mass is 32.2. The molecule has 1 aliphatic heterocycles. The number of sulfone groups is 1. The summed E-state index contributed by atoms with van der Waals surface area (Å²) >= 11 is 0. The SMILES string of the molecule is CCC1CNc2cc(S(=O)(=O)CC(=O)O)ccc2O1. The van der Waals surface area contributed by atoms with E-state index < -0.39 is 21.6 Å². The topological polar surface area (TPSA) is 92.7 Å². The van der Waals surface area contributed by atoms with Crippen LogP contribution < -0.4 is 10.1 Å². The van der Waals surface area contributed by atoms with Crippen molar-refractivity contribution >= 4 is 21.5 Å². The highest BCUT2D eigenvalue weighted by molar-refractivity contribution is 7.92. The second-order valence-electron chi connectivity index (χ2n) is 4.34. The third-order valence-electron chi connectivity index (χ3n) is 2.89. The predicted molar refractivity (Wildman–Crippen MR) is 69.3 cm³/mol. The van der Waals surface area contributed by atoms with Crippen LogP contribution in [0.4, 0.5) is 5.69 Å². The Morgan fingerprint density at radius 2 is 2.26 bits per heavy atom. The summed E-state index contributed by atoms with van der Waals surface area (Å²) in [5, 5.41) is 11.7. The van der Waals surface area contributed by atoms with E-state index in [4.69, 9.17) is 9.84 Å². The van der Waals surface area contributed by atoms with Crippen LogP contribution in [-0.4, -0.2) is 37.9 Å². The Kier molecular flexibility index (Phi) is 3.66. The van der Waals surface area contributed by atoms with E-state index in [0.717, 1.165) is 6.42 Å². The molecular weight excluding hydrogens is 270 g/mol. The predicted octanol–water partition coefficient (Wildman–Crippen LogP) is 1.13. The Labute approximate surface area is 111 Å². The first-order valence-electron chi connectivity index (χ1n) is 5.91. The van der Waals surface area contributed by atoms with Crippen molar-refractivity contribution in [2.45, 2.75) is 24.3 Å². The summed E-state index contributed by atoms with van der Waals surface area (Å²) in [6, 6.07) is 4.34. The monoisotopic (exact) mass is 285 g/mol. The molecule has 0 saturated carbocycles. The second kappa shape index (κ2) is 5.08. The van der Waals surface area contributed by atoms with Gasteiger partial charge in [-0.25, -0.2) is 8.42 Å². The van der Waals surface area contributed by atoms with Crippen molar-refractivity contribution in [3.05, 3.63) is 18.2 Å². The molecule has 0 spiro atoms. The maximum atomic E-state index is 11.8. The van der Waals surface area contributed by atoms with E-state index >= 15 is 0 Å². The number of hydrogen-bond donors (Lipinski definition) is 2. The minimum atomic E-state index is -3.81. The molecule has 1 aromatic carbocycles. The molecule has 6 nitrogen and oxygen atoms in total. The first-order chi connectivity index (χ1) is 8.92. The molecule has 1 aliphatic rings. The molecule has 2 rings (SSSR count). The lowest BCUT2D eigenvalue weighted by atomic mass is 10.2. The van der Waals surface area contributed by atoms with E-state index in [1.807, 2.05) is 6.92 Å². The summed E-state index contributed by atoms with van der Waals surface area (Å²) in [6.07, 6.45) is 0.917. The third-order valence-corrected chi connectivity index (χ3v) is 4.49. The van der Waals surface area contributed by atoms with Crippen molar-refractivity contribution < 1.29 is 23.1 Å². The highest BCUT2D eigenvalue weighted by Crippen LogP contribution is 2.32. The normalized spacial score (nSPS) is 18.1. The highest BCUT2D eigenvalue weighted by Gasteiger charge is 2.23. The summed E-state index contributed by atoms with van der Waals surface area (Å²) in [5.74, 6) is -1.69.